The highest BCUT2D eigenvalue weighted by atomic mass is 19.3. The Hall–Kier alpha value is -3.21. The van der Waals surface area contributed by atoms with E-state index in [-0.39, 0.29) is 29.6 Å². The molecule has 3 aliphatic rings. The van der Waals surface area contributed by atoms with Gasteiger partial charge in [-0.2, -0.15) is 5.10 Å². The zero-order chi connectivity index (χ0) is 24.1. The lowest BCUT2D eigenvalue weighted by molar-refractivity contribution is 0.0988. The predicted molar refractivity (Wildman–Crippen MR) is 125 cm³/mol. The minimum absolute atomic E-state index is 0.000500. The zero-order valence-corrected chi connectivity index (χ0v) is 19.4. The molecule has 6 rings (SSSR count). The van der Waals surface area contributed by atoms with Crippen molar-refractivity contribution in [3.05, 3.63) is 36.0 Å². The summed E-state index contributed by atoms with van der Waals surface area (Å²) in [5, 5.41) is 6.76. The Balaban J connectivity index is 1.29. The summed E-state index contributed by atoms with van der Waals surface area (Å²) in [6.45, 7) is 3.60. The molecule has 1 aliphatic carbocycles. The average Bonchev–Trinajstić information content (AvgIpc) is 3.60. The van der Waals surface area contributed by atoms with E-state index in [1.54, 1.807) is 10.7 Å². The molecule has 0 aromatic carbocycles. The van der Waals surface area contributed by atoms with Crippen LogP contribution in [0.1, 0.15) is 67.7 Å². The fourth-order valence-electron chi connectivity index (χ4n) is 5.47. The van der Waals surface area contributed by atoms with Crippen molar-refractivity contribution < 1.29 is 18.3 Å². The van der Waals surface area contributed by atoms with Crippen LogP contribution in [0.5, 0.6) is 0 Å². The van der Waals surface area contributed by atoms with Crippen LogP contribution in [0.2, 0.25) is 0 Å². The molecular weight excluding hydrogens is 456 g/mol. The molecule has 2 saturated heterocycles. The molecule has 2 atom stereocenters. The first-order chi connectivity index (χ1) is 17.0. The number of amides is 1. The molecule has 1 saturated carbocycles. The summed E-state index contributed by atoms with van der Waals surface area (Å²) in [7, 11) is 0. The van der Waals surface area contributed by atoms with Gasteiger partial charge in [-0.3, -0.25) is 9.48 Å². The number of rotatable bonds is 5. The third-order valence-electron chi connectivity index (χ3n) is 7.45. The number of halogens is 2. The van der Waals surface area contributed by atoms with Crippen LogP contribution in [0, 0.1) is 5.92 Å². The Kier molecular flexibility index (Phi) is 5.58. The largest absolute Gasteiger partial charge is 0.374 e. The molecule has 184 valence electrons. The van der Waals surface area contributed by atoms with E-state index >= 15 is 0 Å². The lowest BCUT2D eigenvalue weighted by Gasteiger charge is -2.28. The summed E-state index contributed by atoms with van der Waals surface area (Å²) >= 11 is 0. The van der Waals surface area contributed by atoms with Gasteiger partial charge < -0.3 is 15.0 Å². The molecule has 5 heterocycles. The number of anilines is 2. The second-order valence-corrected chi connectivity index (χ2v) is 9.83. The monoisotopic (exact) mass is 483 g/mol. The fraction of sp³-hybridized carbons (Fsp3) is 0.542. The normalized spacial score (nSPS) is 26.1. The van der Waals surface area contributed by atoms with Crippen molar-refractivity contribution >= 4 is 28.4 Å². The van der Waals surface area contributed by atoms with Crippen LogP contribution in [0.3, 0.4) is 0 Å². The summed E-state index contributed by atoms with van der Waals surface area (Å²) in [6.07, 6.45) is 4.96. The fourth-order valence-corrected chi connectivity index (χ4v) is 5.47. The van der Waals surface area contributed by atoms with E-state index < -0.39 is 18.0 Å². The van der Waals surface area contributed by atoms with Crippen LogP contribution in [0.25, 0.3) is 11.0 Å². The molecule has 3 fully saturated rings. The van der Waals surface area contributed by atoms with Gasteiger partial charge in [0.1, 0.15) is 17.7 Å². The van der Waals surface area contributed by atoms with Crippen LogP contribution in [0.4, 0.5) is 20.3 Å². The van der Waals surface area contributed by atoms with E-state index in [2.05, 4.69) is 32.2 Å². The lowest BCUT2D eigenvalue weighted by Crippen LogP contribution is -2.37. The molecule has 2 aliphatic heterocycles. The minimum atomic E-state index is -2.81. The number of fused-ring (bicyclic) bond motifs is 3. The Bertz CT molecular complexity index is 1260. The second-order valence-electron chi connectivity index (χ2n) is 9.83. The molecule has 3 aromatic rings. The summed E-state index contributed by atoms with van der Waals surface area (Å²) in [5.74, 6) is 0.735. The van der Waals surface area contributed by atoms with E-state index in [1.807, 2.05) is 6.07 Å². The molecule has 1 N–H and O–H groups in total. The molecule has 1 amide bonds. The Morgan fingerprint density at radius 3 is 2.71 bits per heavy atom. The maximum atomic E-state index is 13.8. The SMILES string of the molecule is C[C@H]1CC[C@H](n2cc(NC(=O)c3ncnc4ccc(N5C[C@@H]6C[C@H]5CO6)nc34)c(C(F)F)n2)CC1. The number of alkyl halides is 2. The van der Waals surface area contributed by atoms with Gasteiger partial charge in [-0.1, -0.05) is 6.92 Å². The molecule has 0 spiro atoms. The summed E-state index contributed by atoms with van der Waals surface area (Å²) in [4.78, 5) is 28.5. The smallest absolute Gasteiger partial charge is 0.284 e. The molecule has 2 bridgehead atoms. The highest BCUT2D eigenvalue weighted by Crippen LogP contribution is 2.35. The number of pyridine rings is 1. The average molecular weight is 484 g/mol. The third-order valence-corrected chi connectivity index (χ3v) is 7.45. The summed E-state index contributed by atoms with van der Waals surface area (Å²) in [5.41, 5.74) is 0.448. The van der Waals surface area contributed by atoms with E-state index in [0.717, 1.165) is 44.5 Å². The first kappa shape index (κ1) is 22.3. The van der Waals surface area contributed by atoms with Crippen LogP contribution in [0.15, 0.2) is 24.7 Å². The number of nitrogens with zero attached hydrogens (tertiary/aromatic N) is 6. The van der Waals surface area contributed by atoms with Crippen molar-refractivity contribution in [1.29, 1.82) is 0 Å². The first-order valence-corrected chi connectivity index (χ1v) is 12.1. The van der Waals surface area contributed by atoms with Gasteiger partial charge in [0, 0.05) is 12.7 Å². The highest BCUT2D eigenvalue weighted by Gasteiger charge is 2.39. The Morgan fingerprint density at radius 1 is 1.17 bits per heavy atom. The topological polar surface area (TPSA) is 98.1 Å². The zero-order valence-electron chi connectivity index (χ0n) is 19.4. The predicted octanol–water partition coefficient (Wildman–Crippen LogP) is 4.14. The number of hydrogen-bond acceptors (Lipinski definition) is 7. The van der Waals surface area contributed by atoms with E-state index in [1.165, 1.54) is 12.5 Å². The summed E-state index contributed by atoms with van der Waals surface area (Å²) < 4.78 is 34.8. The molecular formula is C24H27F2N7O2. The molecule has 0 unspecified atom stereocenters. The van der Waals surface area contributed by atoms with Crippen molar-refractivity contribution in [1.82, 2.24) is 24.7 Å². The van der Waals surface area contributed by atoms with Crippen molar-refractivity contribution in [3.8, 4) is 0 Å². The van der Waals surface area contributed by atoms with Crippen molar-refractivity contribution in [3.63, 3.8) is 0 Å². The first-order valence-electron chi connectivity index (χ1n) is 12.1. The van der Waals surface area contributed by atoms with Gasteiger partial charge in [0.2, 0.25) is 0 Å². The quantitative estimate of drug-likeness (QED) is 0.582. The molecule has 3 aromatic heterocycles. The minimum Gasteiger partial charge on any atom is -0.374 e. The summed E-state index contributed by atoms with van der Waals surface area (Å²) in [6, 6.07) is 3.99. The standard InChI is InChI=1S/C24H27F2N7O2/c1-13-2-4-14(5-3-13)33-10-18(21(31-33)23(25)26)29-24(34)22-20-17(27-12-28-22)6-7-19(30-20)32-9-16-8-15(32)11-35-16/h6-7,10,12-16,23H,2-5,8-9,11H2,1H3,(H,29,34)/t13-,14-,15-,16-/m0/s1. The number of hydrogen-bond donors (Lipinski definition) is 1. The number of nitrogens with one attached hydrogen (secondary N) is 1. The molecule has 0 radical (unpaired) electrons. The molecule has 11 heteroatoms. The van der Waals surface area contributed by atoms with Crippen molar-refractivity contribution in [2.45, 2.75) is 63.6 Å². The number of carbonyl (C=O) groups excluding carboxylic acids is 1. The number of morpholine rings is 1. The van der Waals surface area contributed by atoms with E-state index in [9.17, 15) is 13.6 Å². The van der Waals surface area contributed by atoms with Crippen molar-refractivity contribution in [2.75, 3.05) is 23.4 Å². The number of ether oxygens (including phenoxy) is 1. The van der Waals surface area contributed by atoms with Gasteiger partial charge >= 0.3 is 0 Å². The van der Waals surface area contributed by atoms with Gasteiger partial charge in [0.25, 0.3) is 12.3 Å². The number of aromatic nitrogens is 5. The maximum Gasteiger partial charge on any atom is 0.284 e. The van der Waals surface area contributed by atoms with Crippen LogP contribution in [-0.2, 0) is 4.74 Å². The number of carbonyl (C=O) groups is 1. The Labute approximate surface area is 200 Å². The van der Waals surface area contributed by atoms with E-state index in [4.69, 9.17) is 9.72 Å². The van der Waals surface area contributed by atoms with Gasteiger partial charge in [-0.25, -0.2) is 23.7 Å². The lowest BCUT2D eigenvalue weighted by atomic mass is 9.87. The third kappa shape index (κ3) is 4.11. The van der Waals surface area contributed by atoms with E-state index in [0.29, 0.717) is 23.6 Å². The van der Waals surface area contributed by atoms with Crippen LogP contribution < -0.4 is 10.2 Å². The van der Waals surface area contributed by atoms with Crippen molar-refractivity contribution in [2.24, 2.45) is 5.92 Å². The molecule has 35 heavy (non-hydrogen) atoms. The van der Waals surface area contributed by atoms with Gasteiger partial charge in [0.05, 0.1) is 36.0 Å². The van der Waals surface area contributed by atoms with Crippen LogP contribution in [-0.4, -0.2) is 55.9 Å². The second kappa shape index (κ2) is 8.78. The highest BCUT2D eigenvalue weighted by molar-refractivity contribution is 6.10. The van der Waals surface area contributed by atoms with Crippen LogP contribution >= 0.6 is 0 Å². The van der Waals surface area contributed by atoms with Gasteiger partial charge in [-0.15, -0.1) is 0 Å². The van der Waals surface area contributed by atoms with Gasteiger partial charge in [-0.05, 0) is 50.2 Å². The molecule has 9 nitrogen and oxygen atoms in total. The van der Waals surface area contributed by atoms with Gasteiger partial charge in [0.15, 0.2) is 11.4 Å². The Morgan fingerprint density at radius 2 is 2.00 bits per heavy atom. The maximum absolute atomic E-state index is 13.8.